The van der Waals surface area contributed by atoms with Crippen molar-refractivity contribution in [3.63, 3.8) is 0 Å². The lowest BCUT2D eigenvalue weighted by Crippen LogP contribution is -2.54. The largest absolute Gasteiger partial charge is 0.352 e. The van der Waals surface area contributed by atoms with Gasteiger partial charge in [-0.1, -0.05) is 6.07 Å². The third kappa shape index (κ3) is 3.77. The van der Waals surface area contributed by atoms with Gasteiger partial charge < -0.3 is 16.0 Å². The average molecular weight is 383 g/mol. The molecular weight excluding hydrogens is 354 g/mol. The second kappa shape index (κ2) is 7.57. The first-order valence-corrected chi connectivity index (χ1v) is 10.4. The molecule has 150 valence electrons. The normalized spacial score (nSPS) is 30.0. The van der Waals surface area contributed by atoms with Crippen molar-refractivity contribution in [3.8, 4) is 0 Å². The first-order valence-electron chi connectivity index (χ1n) is 10.4. The molecule has 0 atom stereocenters. The lowest BCUT2D eigenvalue weighted by Gasteiger charge is -2.55. The molecule has 6 heteroatoms. The van der Waals surface area contributed by atoms with Crippen LogP contribution < -0.4 is 16.0 Å². The van der Waals surface area contributed by atoms with Gasteiger partial charge in [0.25, 0.3) is 5.91 Å². The van der Waals surface area contributed by atoms with Gasteiger partial charge in [-0.25, -0.2) is 0 Å². The lowest BCUT2D eigenvalue weighted by molar-refractivity contribution is -0.146. The smallest absolute Gasteiger partial charge is 0.251 e. The Labute approximate surface area is 165 Å². The van der Waals surface area contributed by atoms with Crippen molar-refractivity contribution in [2.75, 3.05) is 18.4 Å². The van der Waals surface area contributed by atoms with E-state index in [9.17, 15) is 14.4 Å². The summed E-state index contributed by atoms with van der Waals surface area (Å²) in [6.07, 6.45) is 6.82. The van der Waals surface area contributed by atoms with Crippen molar-refractivity contribution in [1.82, 2.24) is 10.6 Å². The van der Waals surface area contributed by atoms with E-state index >= 15 is 0 Å². The van der Waals surface area contributed by atoms with E-state index in [1.54, 1.807) is 24.3 Å². The molecule has 4 bridgehead atoms. The number of rotatable bonds is 6. The average Bonchev–Trinajstić information content (AvgIpc) is 2.65. The number of hydrogen-bond donors (Lipinski definition) is 3. The summed E-state index contributed by atoms with van der Waals surface area (Å²) in [5.41, 5.74) is 0.808. The summed E-state index contributed by atoms with van der Waals surface area (Å²) in [5.74, 6) is 1.70. The van der Waals surface area contributed by atoms with Gasteiger partial charge in [0.1, 0.15) is 0 Å². The summed E-state index contributed by atoms with van der Waals surface area (Å²) < 4.78 is 0. The van der Waals surface area contributed by atoms with Gasteiger partial charge in [-0.05, 0) is 81.4 Å². The van der Waals surface area contributed by atoms with E-state index in [0.29, 0.717) is 35.5 Å². The van der Waals surface area contributed by atoms with Crippen LogP contribution in [0.15, 0.2) is 24.3 Å². The molecule has 3 N–H and O–H groups in total. The third-order valence-corrected chi connectivity index (χ3v) is 6.68. The van der Waals surface area contributed by atoms with E-state index in [0.717, 1.165) is 19.3 Å². The highest BCUT2D eigenvalue weighted by Crippen LogP contribution is 2.60. The highest BCUT2D eigenvalue weighted by molar-refractivity contribution is 5.98. The summed E-state index contributed by atoms with van der Waals surface area (Å²) >= 11 is 0. The Morgan fingerprint density at radius 1 is 1.00 bits per heavy atom. The number of anilines is 1. The molecule has 1 aromatic carbocycles. The predicted octanol–water partition coefficient (Wildman–Crippen LogP) is 2.71. The van der Waals surface area contributed by atoms with Crippen LogP contribution in [-0.4, -0.2) is 30.8 Å². The van der Waals surface area contributed by atoms with E-state index in [4.69, 9.17) is 0 Å². The summed E-state index contributed by atoms with van der Waals surface area (Å²) in [5, 5.41) is 8.40. The van der Waals surface area contributed by atoms with Gasteiger partial charge >= 0.3 is 0 Å². The number of carbonyl (C=O) groups excluding carboxylic acids is 3. The van der Waals surface area contributed by atoms with Gasteiger partial charge in [0.05, 0.1) is 6.54 Å². The van der Waals surface area contributed by atoms with E-state index in [2.05, 4.69) is 16.0 Å². The summed E-state index contributed by atoms with van der Waals surface area (Å²) in [4.78, 5) is 37.2. The van der Waals surface area contributed by atoms with Crippen molar-refractivity contribution in [2.24, 2.45) is 23.2 Å². The Hall–Kier alpha value is -2.37. The lowest BCUT2D eigenvalue weighted by atomic mass is 9.49. The third-order valence-electron chi connectivity index (χ3n) is 6.68. The topological polar surface area (TPSA) is 87.3 Å². The molecule has 4 aliphatic carbocycles. The van der Waals surface area contributed by atoms with E-state index in [1.807, 2.05) is 6.92 Å². The Bertz CT molecular complexity index is 754. The van der Waals surface area contributed by atoms with Crippen molar-refractivity contribution in [2.45, 2.75) is 45.4 Å². The van der Waals surface area contributed by atoms with Gasteiger partial charge in [-0.3, -0.25) is 14.4 Å². The SMILES string of the molecule is CCNC(=O)c1cccc(NC(=O)CNC(=O)C23CC4CC(CC(C4)C2)C3)c1. The van der Waals surface area contributed by atoms with Crippen LogP contribution in [0, 0.1) is 23.2 Å². The van der Waals surface area contributed by atoms with Gasteiger partial charge in [-0.2, -0.15) is 0 Å². The Kier molecular flexibility index (Phi) is 5.13. The monoisotopic (exact) mass is 383 g/mol. The molecule has 1 aromatic rings. The van der Waals surface area contributed by atoms with Crippen LogP contribution in [0.2, 0.25) is 0 Å². The van der Waals surface area contributed by atoms with Crippen LogP contribution in [0.4, 0.5) is 5.69 Å². The molecule has 28 heavy (non-hydrogen) atoms. The number of hydrogen-bond acceptors (Lipinski definition) is 3. The van der Waals surface area contributed by atoms with Crippen molar-refractivity contribution in [3.05, 3.63) is 29.8 Å². The number of benzene rings is 1. The predicted molar refractivity (Wildman–Crippen MR) is 107 cm³/mol. The summed E-state index contributed by atoms with van der Waals surface area (Å²) in [6, 6.07) is 6.81. The molecule has 4 aliphatic rings. The molecule has 3 amide bonds. The minimum Gasteiger partial charge on any atom is -0.352 e. The minimum absolute atomic E-state index is 0.0357. The molecule has 0 saturated heterocycles. The van der Waals surface area contributed by atoms with Gasteiger partial charge in [-0.15, -0.1) is 0 Å². The molecule has 0 unspecified atom stereocenters. The zero-order chi connectivity index (χ0) is 19.7. The first kappa shape index (κ1) is 19.0. The fourth-order valence-electron chi connectivity index (χ4n) is 5.94. The van der Waals surface area contributed by atoms with Crippen molar-refractivity contribution < 1.29 is 14.4 Å². The molecule has 4 fully saturated rings. The highest BCUT2D eigenvalue weighted by Gasteiger charge is 2.54. The second-order valence-electron chi connectivity index (χ2n) is 8.87. The molecule has 4 saturated carbocycles. The Balaban J connectivity index is 1.32. The molecule has 0 heterocycles. The van der Waals surface area contributed by atoms with Crippen LogP contribution in [0.1, 0.15) is 55.8 Å². The highest BCUT2D eigenvalue weighted by atomic mass is 16.2. The molecule has 0 aromatic heterocycles. The van der Waals surface area contributed by atoms with Crippen LogP contribution in [0.3, 0.4) is 0 Å². The molecular formula is C22H29N3O3. The number of carbonyl (C=O) groups is 3. The van der Waals surface area contributed by atoms with Gasteiger partial charge in [0, 0.05) is 23.2 Å². The molecule has 0 radical (unpaired) electrons. The number of nitrogens with one attached hydrogen (secondary N) is 3. The minimum atomic E-state index is -0.272. The van der Waals surface area contributed by atoms with E-state index in [1.165, 1.54) is 19.3 Å². The number of amides is 3. The van der Waals surface area contributed by atoms with Crippen molar-refractivity contribution >= 4 is 23.4 Å². The molecule has 5 rings (SSSR count). The second-order valence-corrected chi connectivity index (χ2v) is 8.87. The quantitative estimate of drug-likeness (QED) is 0.706. The Morgan fingerprint density at radius 2 is 1.64 bits per heavy atom. The summed E-state index contributed by atoms with van der Waals surface area (Å²) in [7, 11) is 0. The maximum absolute atomic E-state index is 12.9. The molecule has 0 aliphatic heterocycles. The first-order chi connectivity index (χ1) is 13.5. The molecule has 6 nitrogen and oxygen atoms in total. The van der Waals surface area contributed by atoms with Crippen LogP contribution in [0.5, 0.6) is 0 Å². The zero-order valence-electron chi connectivity index (χ0n) is 16.4. The maximum Gasteiger partial charge on any atom is 0.251 e. The van der Waals surface area contributed by atoms with Crippen LogP contribution in [0.25, 0.3) is 0 Å². The Morgan fingerprint density at radius 3 is 2.25 bits per heavy atom. The van der Waals surface area contributed by atoms with Gasteiger partial charge in [0.2, 0.25) is 11.8 Å². The fraction of sp³-hybridized carbons (Fsp3) is 0.591. The van der Waals surface area contributed by atoms with Crippen LogP contribution in [-0.2, 0) is 9.59 Å². The standard InChI is InChI=1S/C22H29N3O3/c1-2-23-20(27)17-4-3-5-18(9-17)25-19(26)13-24-21(28)22-10-14-6-15(11-22)8-16(7-14)12-22/h3-5,9,14-16H,2,6-8,10-13H2,1H3,(H,23,27)(H,24,28)(H,25,26). The van der Waals surface area contributed by atoms with Crippen LogP contribution >= 0.6 is 0 Å². The van der Waals surface area contributed by atoms with Crippen molar-refractivity contribution in [1.29, 1.82) is 0 Å². The molecule has 0 spiro atoms. The van der Waals surface area contributed by atoms with E-state index in [-0.39, 0.29) is 29.7 Å². The van der Waals surface area contributed by atoms with E-state index < -0.39 is 0 Å². The summed E-state index contributed by atoms with van der Waals surface area (Å²) in [6.45, 7) is 2.37. The van der Waals surface area contributed by atoms with Gasteiger partial charge in [0.15, 0.2) is 0 Å². The maximum atomic E-state index is 12.9. The fourth-order valence-corrected chi connectivity index (χ4v) is 5.94. The zero-order valence-corrected chi connectivity index (χ0v) is 16.4.